The van der Waals surface area contributed by atoms with Crippen molar-refractivity contribution in [3.63, 3.8) is 0 Å². The molecule has 0 amide bonds. The predicted octanol–water partition coefficient (Wildman–Crippen LogP) is 7.28. The van der Waals surface area contributed by atoms with Gasteiger partial charge in [0.05, 0.1) is 6.20 Å². The summed E-state index contributed by atoms with van der Waals surface area (Å²) < 4.78 is 0.173. The third-order valence-electron chi connectivity index (χ3n) is 6.67. The molecule has 5 nitrogen and oxygen atoms in total. The quantitative estimate of drug-likeness (QED) is 0.110. The van der Waals surface area contributed by atoms with Crippen molar-refractivity contribution in [3.8, 4) is 0 Å². The molecule has 1 rings (SSSR count). The van der Waals surface area contributed by atoms with E-state index in [1.165, 1.54) is 96.3 Å². The van der Waals surface area contributed by atoms with Crippen LogP contribution in [0.4, 0.5) is 0 Å². The summed E-state index contributed by atoms with van der Waals surface area (Å²) in [6.07, 6.45) is 29.9. The van der Waals surface area contributed by atoms with E-state index in [9.17, 15) is 9.90 Å². The zero-order valence-corrected chi connectivity index (χ0v) is 20.9. The molecule has 3 N–H and O–H groups in total. The second-order valence-electron chi connectivity index (χ2n) is 9.48. The van der Waals surface area contributed by atoms with Gasteiger partial charge in [0.25, 0.3) is 0 Å². The van der Waals surface area contributed by atoms with Crippen LogP contribution in [-0.2, 0) is 4.79 Å². The number of hydrogen-bond acceptors (Lipinski definition) is 3. The molecule has 1 heterocycles. The van der Waals surface area contributed by atoms with Crippen LogP contribution in [0, 0.1) is 0 Å². The summed E-state index contributed by atoms with van der Waals surface area (Å²) in [4.78, 5) is 15.7. The van der Waals surface area contributed by atoms with E-state index in [4.69, 9.17) is 5.73 Å². The van der Waals surface area contributed by atoms with Gasteiger partial charge in [-0.15, -0.1) is 0 Å². The Balaban J connectivity index is 1.93. The lowest BCUT2D eigenvalue weighted by Gasteiger charge is -2.34. The Labute approximate surface area is 197 Å². The molecule has 0 bridgehead atoms. The Morgan fingerprint density at radius 2 is 1.41 bits per heavy atom. The zero-order valence-electron chi connectivity index (χ0n) is 20.9. The molecule has 0 radical (unpaired) electrons. The molecule has 1 aliphatic heterocycles. The Morgan fingerprint density at radius 3 is 1.84 bits per heavy atom. The minimum Gasteiger partial charge on any atom is -0.477 e. The maximum Gasteiger partial charge on any atom is 0.360 e. The standard InChI is InChI=1S/C27H49N3O2/c1-3-4-5-6-7-8-9-10-11-12-13-14-15-16-17-18-19-20-21-26-29-22-23-30(26,25(2)28)24-27(31)32/h3-4,22-23,25H,5-21,24,28H2,1-2H3/p+1/b4-3+. The van der Waals surface area contributed by atoms with Crippen LogP contribution in [0.15, 0.2) is 29.5 Å². The van der Waals surface area contributed by atoms with Gasteiger partial charge in [-0.3, -0.25) is 5.73 Å². The predicted molar refractivity (Wildman–Crippen MR) is 136 cm³/mol. The molecule has 0 aromatic carbocycles. The van der Waals surface area contributed by atoms with E-state index in [1.807, 2.05) is 13.1 Å². The maximum absolute atomic E-state index is 11.3. The molecule has 0 saturated heterocycles. The maximum atomic E-state index is 11.3. The highest BCUT2D eigenvalue weighted by atomic mass is 16.4. The lowest BCUT2D eigenvalue weighted by molar-refractivity contribution is -0.805. The van der Waals surface area contributed by atoms with Gasteiger partial charge < -0.3 is 5.11 Å². The van der Waals surface area contributed by atoms with Gasteiger partial charge in [0.15, 0.2) is 6.54 Å². The van der Waals surface area contributed by atoms with Crippen molar-refractivity contribution in [1.82, 2.24) is 0 Å². The highest BCUT2D eigenvalue weighted by molar-refractivity contribution is 5.81. The number of carboxylic acid groups (broad SMARTS) is 1. The first kappa shape index (κ1) is 28.6. The summed E-state index contributed by atoms with van der Waals surface area (Å²) in [6, 6.07) is 0. The van der Waals surface area contributed by atoms with Crippen molar-refractivity contribution < 1.29 is 14.4 Å². The topological polar surface area (TPSA) is 75.7 Å². The van der Waals surface area contributed by atoms with Crippen molar-refractivity contribution in [2.75, 3.05) is 6.54 Å². The van der Waals surface area contributed by atoms with Crippen LogP contribution < -0.4 is 5.73 Å². The third-order valence-corrected chi connectivity index (χ3v) is 6.67. The average molecular weight is 449 g/mol. The first-order valence-electron chi connectivity index (χ1n) is 13.2. The first-order valence-corrected chi connectivity index (χ1v) is 13.2. The van der Waals surface area contributed by atoms with Crippen LogP contribution in [0.3, 0.4) is 0 Å². The molecule has 2 unspecified atom stereocenters. The molecule has 184 valence electrons. The number of nitrogens with two attached hydrogens (primary N) is 1. The molecule has 0 aromatic heterocycles. The van der Waals surface area contributed by atoms with E-state index in [0.29, 0.717) is 0 Å². The first-order chi connectivity index (χ1) is 15.5. The number of aliphatic imine (C=N–C) groups is 1. The summed E-state index contributed by atoms with van der Waals surface area (Å²) in [5.41, 5.74) is 6.12. The minimum atomic E-state index is -0.836. The fourth-order valence-electron chi connectivity index (χ4n) is 4.60. The van der Waals surface area contributed by atoms with Gasteiger partial charge in [-0.05, 0) is 26.2 Å². The number of carboxylic acids is 1. The molecule has 0 aromatic rings. The molecule has 2 atom stereocenters. The molecule has 0 fully saturated rings. The summed E-state index contributed by atoms with van der Waals surface area (Å²) in [7, 11) is 0. The highest BCUT2D eigenvalue weighted by Crippen LogP contribution is 2.23. The molecule has 0 spiro atoms. The Bertz CT molecular complexity index is 583. The van der Waals surface area contributed by atoms with Gasteiger partial charge in [-0.1, -0.05) is 95.6 Å². The summed E-state index contributed by atoms with van der Waals surface area (Å²) in [6.45, 7) is 3.94. The van der Waals surface area contributed by atoms with Gasteiger partial charge in [0, 0.05) is 13.3 Å². The monoisotopic (exact) mass is 448 g/mol. The number of rotatable bonds is 21. The van der Waals surface area contributed by atoms with Gasteiger partial charge in [-0.25, -0.2) is 14.3 Å². The molecule has 5 heteroatoms. The number of nitrogens with zero attached hydrogens (tertiary/aromatic N) is 2. The van der Waals surface area contributed by atoms with Crippen LogP contribution in [0.25, 0.3) is 0 Å². The van der Waals surface area contributed by atoms with Gasteiger partial charge in [-0.2, -0.15) is 0 Å². The van der Waals surface area contributed by atoms with Crippen molar-refractivity contribution in [2.24, 2.45) is 10.7 Å². The van der Waals surface area contributed by atoms with Crippen LogP contribution in [0.2, 0.25) is 0 Å². The Kier molecular flexibility index (Phi) is 16.1. The fraction of sp³-hybridized carbons (Fsp3) is 0.778. The Hall–Kier alpha value is -1.46. The number of hydrogen-bond donors (Lipinski definition) is 2. The molecular weight excluding hydrogens is 398 g/mol. The van der Waals surface area contributed by atoms with E-state index in [0.717, 1.165) is 18.7 Å². The molecular formula is C27H50N3O2+. The van der Waals surface area contributed by atoms with Gasteiger partial charge >= 0.3 is 5.97 Å². The number of quaternary nitrogens is 1. The smallest absolute Gasteiger partial charge is 0.360 e. The van der Waals surface area contributed by atoms with Crippen molar-refractivity contribution in [2.45, 2.75) is 129 Å². The molecule has 1 aliphatic rings. The summed E-state index contributed by atoms with van der Waals surface area (Å²) in [5, 5.41) is 9.27. The summed E-state index contributed by atoms with van der Waals surface area (Å²) in [5.74, 6) is 0.0632. The lowest BCUT2D eigenvalue weighted by Crippen LogP contribution is -2.59. The van der Waals surface area contributed by atoms with Crippen LogP contribution >= 0.6 is 0 Å². The lowest BCUT2D eigenvalue weighted by atomic mass is 10.0. The van der Waals surface area contributed by atoms with Crippen molar-refractivity contribution in [1.29, 1.82) is 0 Å². The number of carbonyl (C=O) groups is 1. The van der Waals surface area contributed by atoms with E-state index in [-0.39, 0.29) is 17.2 Å². The van der Waals surface area contributed by atoms with Crippen LogP contribution in [0.5, 0.6) is 0 Å². The van der Waals surface area contributed by atoms with E-state index in [1.54, 1.807) is 6.20 Å². The average Bonchev–Trinajstić information content (AvgIpc) is 3.16. The molecule has 32 heavy (non-hydrogen) atoms. The fourth-order valence-corrected chi connectivity index (χ4v) is 4.60. The van der Waals surface area contributed by atoms with Crippen molar-refractivity contribution >= 4 is 11.8 Å². The van der Waals surface area contributed by atoms with Crippen LogP contribution in [-0.4, -0.2) is 34.1 Å². The summed E-state index contributed by atoms with van der Waals surface area (Å²) >= 11 is 0. The van der Waals surface area contributed by atoms with E-state index >= 15 is 0 Å². The SMILES string of the molecule is C/C=C/CCCCCCCCCCCCCCCCCC1=NC=C[N+]1(CC(=O)O)C(C)N. The number of aliphatic carboxylic acids is 1. The van der Waals surface area contributed by atoms with E-state index < -0.39 is 5.97 Å². The number of amidine groups is 1. The van der Waals surface area contributed by atoms with Crippen LogP contribution in [0.1, 0.15) is 123 Å². The van der Waals surface area contributed by atoms with Crippen molar-refractivity contribution in [3.05, 3.63) is 24.6 Å². The second-order valence-corrected chi connectivity index (χ2v) is 9.48. The van der Waals surface area contributed by atoms with E-state index in [2.05, 4.69) is 24.1 Å². The highest BCUT2D eigenvalue weighted by Gasteiger charge is 2.40. The van der Waals surface area contributed by atoms with Gasteiger partial charge in [0.2, 0.25) is 5.84 Å². The normalized spacial score (nSPS) is 19.0. The second kappa shape index (κ2) is 18.0. The minimum absolute atomic E-state index is 0.0239. The number of allylic oxidation sites excluding steroid dienone is 2. The molecule has 0 saturated carbocycles. The third kappa shape index (κ3) is 12.0. The largest absolute Gasteiger partial charge is 0.477 e. The molecule has 0 aliphatic carbocycles. The Morgan fingerprint density at radius 1 is 0.938 bits per heavy atom. The van der Waals surface area contributed by atoms with Gasteiger partial charge in [0.1, 0.15) is 12.4 Å². The zero-order chi connectivity index (χ0) is 23.5. The number of unbranched alkanes of at least 4 members (excludes halogenated alkanes) is 15.